The number of nitrogens with zero attached hydrogens (tertiary/aromatic N) is 3. The zero-order valence-electron chi connectivity index (χ0n) is 16.5. The number of carbonyl (C=O) groups is 1. The average molecular weight is 461 g/mol. The van der Waals surface area contributed by atoms with Crippen LogP contribution in [0, 0.1) is 5.41 Å². The minimum Gasteiger partial charge on any atom is -0.328 e. The molecule has 0 fully saturated rings. The van der Waals surface area contributed by atoms with Crippen LogP contribution in [0.2, 0.25) is 0 Å². The van der Waals surface area contributed by atoms with Crippen molar-refractivity contribution in [3.8, 4) is 0 Å². The van der Waals surface area contributed by atoms with Gasteiger partial charge in [0.05, 0.1) is 0 Å². The van der Waals surface area contributed by atoms with Crippen molar-refractivity contribution in [3.05, 3.63) is 45.6 Å². The second-order valence-corrected chi connectivity index (χ2v) is 10.3. The van der Waals surface area contributed by atoms with Gasteiger partial charge in [-0.25, -0.2) is 4.68 Å². The maximum Gasteiger partial charge on any atom is 0.227 e. The second kappa shape index (κ2) is 7.67. The normalized spacial score (nSPS) is 20.6. The summed E-state index contributed by atoms with van der Waals surface area (Å²) < 4.78 is 2.89. The van der Waals surface area contributed by atoms with Crippen LogP contribution in [0.4, 0.5) is 5.95 Å². The molecule has 0 spiro atoms. The van der Waals surface area contributed by atoms with Crippen LogP contribution in [0.25, 0.3) is 0 Å². The second-order valence-electron chi connectivity index (χ2n) is 8.28. The number of anilines is 1. The highest BCUT2D eigenvalue weighted by Gasteiger charge is 2.41. The number of Topliss-reactive ketones (excluding diaryl/α,β-unsaturated/α-hetero) is 1. The van der Waals surface area contributed by atoms with E-state index in [1.807, 2.05) is 16.8 Å². The van der Waals surface area contributed by atoms with Gasteiger partial charge in [0.25, 0.3) is 0 Å². The maximum absolute atomic E-state index is 13.2. The third-order valence-electron chi connectivity index (χ3n) is 5.21. The molecule has 5 nitrogen and oxygen atoms in total. The Labute approximate surface area is 178 Å². The summed E-state index contributed by atoms with van der Waals surface area (Å²) in [7, 11) is 0. The highest BCUT2D eigenvalue weighted by molar-refractivity contribution is 9.10. The zero-order valence-corrected chi connectivity index (χ0v) is 18.9. The molecule has 1 aliphatic carbocycles. The lowest BCUT2D eigenvalue weighted by atomic mass is 9.73. The average Bonchev–Trinajstić information content (AvgIpc) is 3.01. The third kappa shape index (κ3) is 3.79. The molecular formula is C21H25BrN4OS. The molecule has 0 bridgehead atoms. The first-order valence-corrected chi connectivity index (χ1v) is 11.5. The maximum atomic E-state index is 13.2. The van der Waals surface area contributed by atoms with E-state index in [1.165, 1.54) is 0 Å². The summed E-state index contributed by atoms with van der Waals surface area (Å²) >= 11 is 5.25. The number of unbranched alkanes of at least 4 members (excludes halogenated alkanes) is 1. The number of ketones is 1. The Kier molecular flexibility index (Phi) is 5.40. The fourth-order valence-corrected chi connectivity index (χ4v) is 5.27. The Bertz CT molecular complexity index is 950. The first-order valence-electron chi connectivity index (χ1n) is 9.76. The van der Waals surface area contributed by atoms with Crippen LogP contribution in [0.5, 0.6) is 0 Å². The van der Waals surface area contributed by atoms with E-state index < -0.39 is 0 Å². The monoisotopic (exact) mass is 460 g/mol. The molecule has 2 aromatic rings. The quantitative estimate of drug-likeness (QED) is 0.465. The van der Waals surface area contributed by atoms with E-state index in [9.17, 15) is 4.79 Å². The molecule has 0 radical (unpaired) electrons. The van der Waals surface area contributed by atoms with Crippen molar-refractivity contribution in [3.63, 3.8) is 0 Å². The van der Waals surface area contributed by atoms with Gasteiger partial charge in [-0.3, -0.25) is 4.79 Å². The minimum atomic E-state index is -0.236. The van der Waals surface area contributed by atoms with Crippen LogP contribution in [-0.2, 0) is 4.79 Å². The molecule has 1 aromatic heterocycles. The number of aromatic nitrogens is 3. The summed E-state index contributed by atoms with van der Waals surface area (Å²) in [6.07, 6.45) is 3.68. The van der Waals surface area contributed by atoms with Crippen molar-refractivity contribution in [1.29, 1.82) is 0 Å². The van der Waals surface area contributed by atoms with Crippen LogP contribution in [-0.4, -0.2) is 26.3 Å². The van der Waals surface area contributed by atoms with Gasteiger partial charge in [0.2, 0.25) is 11.1 Å². The Morgan fingerprint density at radius 2 is 2.18 bits per heavy atom. The van der Waals surface area contributed by atoms with Gasteiger partial charge < -0.3 is 5.32 Å². The number of carbonyl (C=O) groups excluding carboxylic acids is 1. The van der Waals surface area contributed by atoms with Gasteiger partial charge in [0.15, 0.2) is 5.78 Å². The summed E-state index contributed by atoms with van der Waals surface area (Å²) in [4.78, 5) is 17.9. The summed E-state index contributed by atoms with van der Waals surface area (Å²) in [5.74, 6) is 1.93. The first-order chi connectivity index (χ1) is 13.4. The lowest BCUT2D eigenvalue weighted by Gasteiger charge is -2.38. The highest BCUT2D eigenvalue weighted by atomic mass is 79.9. The molecule has 0 unspecified atom stereocenters. The molecule has 1 aromatic carbocycles. The topological polar surface area (TPSA) is 59.8 Å². The van der Waals surface area contributed by atoms with Gasteiger partial charge in [-0.2, -0.15) is 4.98 Å². The Hall–Kier alpha value is -1.60. The molecular weight excluding hydrogens is 436 g/mol. The van der Waals surface area contributed by atoms with E-state index in [0.717, 1.165) is 57.4 Å². The van der Waals surface area contributed by atoms with Crippen molar-refractivity contribution in [2.75, 3.05) is 11.1 Å². The Morgan fingerprint density at radius 3 is 2.93 bits per heavy atom. The zero-order chi connectivity index (χ0) is 19.9. The fraction of sp³-hybridized carbons (Fsp3) is 0.476. The summed E-state index contributed by atoms with van der Waals surface area (Å²) in [6.45, 7) is 6.48. The largest absolute Gasteiger partial charge is 0.328 e. The number of thioether (sulfide) groups is 1. The lowest BCUT2D eigenvalue weighted by molar-refractivity contribution is -0.118. The molecule has 0 saturated carbocycles. The van der Waals surface area contributed by atoms with Crippen molar-refractivity contribution in [2.24, 2.45) is 5.41 Å². The van der Waals surface area contributed by atoms with Gasteiger partial charge in [-0.15, -0.1) is 5.10 Å². The van der Waals surface area contributed by atoms with Crippen molar-refractivity contribution in [1.82, 2.24) is 14.8 Å². The number of halogens is 1. The van der Waals surface area contributed by atoms with E-state index in [0.29, 0.717) is 6.42 Å². The highest BCUT2D eigenvalue weighted by Crippen LogP contribution is 2.45. The van der Waals surface area contributed by atoms with Gasteiger partial charge in [0, 0.05) is 27.9 Å². The molecule has 2 aliphatic rings. The number of rotatable bonds is 5. The Morgan fingerprint density at radius 1 is 1.36 bits per heavy atom. The SMILES string of the molecule is CCCCSc1nc2n(n1)[C@@H](c1cccc(Br)c1)C1=C(CC(C)(C)CC1=O)N2. The van der Waals surface area contributed by atoms with E-state index >= 15 is 0 Å². The van der Waals surface area contributed by atoms with Crippen LogP contribution in [0.1, 0.15) is 58.1 Å². The number of allylic oxidation sites excluding steroid dienone is 2. The first kappa shape index (κ1) is 19.7. The van der Waals surface area contributed by atoms with Crippen LogP contribution < -0.4 is 5.32 Å². The predicted molar refractivity (Wildman–Crippen MR) is 117 cm³/mol. The Balaban J connectivity index is 1.80. The number of benzene rings is 1. The molecule has 0 amide bonds. The lowest BCUT2D eigenvalue weighted by Crippen LogP contribution is -2.36. The van der Waals surface area contributed by atoms with E-state index in [-0.39, 0.29) is 17.2 Å². The molecule has 0 saturated heterocycles. The number of fused-ring (bicyclic) bond motifs is 1. The number of hydrogen-bond donors (Lipinski definition) is 1. The van der Waals surface area contributed by atoms with Crippen LogP contribution in [0.3, 0.4) is 0 Å². The minimum absolute atomic E-state index is 0.0500. The number of hydrogen-bond acceptors (Lipinski definition) is 5. The fourth-order valence-electron chi connectivity index (χ4n) is 3.94. The van der Waals surface area contributed by atoms with Gasteiger partial charge in [0.1, 0.15) is 6.04 Å². The van der Waals surface area contributed by atoms with E-state index in [1.54, 1.807) is 11.8 Å². The summed E-state index contributed by atoms with van der Waals surface area (Å²) in [6, 6.07) is 7.91. The van der Waals surface area contributed by atoms with Crippen LogP contribution >= 0.6 is 27.7 Å². The van der Waals surface area contributed by atoms with Crippen molar-refractivity contribution < 1.29 is 4.79 Å². The standard InChI is InChI=1S/C21H25BrN4OS/c1-4-5-9-28-20-24-19-23-15-11-21(2,3)12-16(27)17(15)18(26(19)25-20)13-7-6-8-14(22)10-13/h6-8,10,18H,4-5,9,11-12H2,1-3H3,(H,23,24,25)/t18-/m0/s1. The summed E-state index contributed by atoms with van der Waals surface area (Å²) in [5.41, 5.74) is 2.83. The molecule has 4 rings (SSSR count). The molecule has 1 N–H and O–H groups in total. The molecule has 148 valence electrons. The number of nitrogens with one attached hydrogen (secondary N) is 1. The molecule has 2 heterocycles. The van der Waals surface area contributed by atoms with Gasteiger partial charge in [-0.05, 0) is 36.0 Å². The molecule has 7 heteroatoms. The van der Waals surface area contributed by atoms with Gasteiger partial charge >= 0.3 is 0 Å². The van der Waals surface area contributed by atoms with Crippen LogP contribution in [0.15, 0.2) is 45.2 Å². The third-order valence-corrected chi connectivity index (χ3v) is 6.62. The molecule has 1 aliphatic heterocycles. The molecule has 28 heavy (non-hydrogen) atoms. The van der Waals surface area contributed by atoms with Gasteiger partial charge in [-0.1, -0.05) is 67.0 Å². The van der Waals surface area contributed by atoms with Crippen molar-refractivity contribution in [2.45, 2.75) is 57.7 Å². The van der Waals surface area contributed by atoms with Crippen molar-refractivity contribution >= 4 is 39.4 Å². The summed E-state index contributed by atoms with van der Waals surface area (Å²) in [5, 5.41) is 8.98. The predicted octanol–water partition coefficient (Wildman–Crippen LogP) is 5.59. The molecule has 1 atom stereocenters. The smallest absolute Gasteiger partial charge is 0.227 e. The van der Waals surface area contributed by atoms with E-state index in [4.69, 9.17) is 10.1 Å². The van der Waals surface area contributed by atoms with E-state index in [2.05, 4.69) is 54.2 Å².